The van der Waals surface area contributed by atoms with Crippen LogP contribution >= 0.6 is 11.8 Å². The summed E-state index contributed by atoms with van der Waals surface area (Å²) < 4.78 is 16.8. The lowest BCUT2D eigenvalue weighted by atomic mass is 10.2. The Balaban J connectivity index is 1.75. The molecule has 2 aromatic heterocycles. The molecule has 4 aromatic rings. The first-order valence-electron chi connectivity index (χ1n) is 9.03. The largest absolute Gasteiger partial charge is 0.282 e. The maximum Gasteiger partial charge on any atom is 0.282 e. The van der Waals surface area contributed by atoms with Crippen LogP contribution < -0.4 is 5.56 Å². The second-order valence-corrected chi connectivity index (χ2v) is 7.35. The first-order valence-corrected chi connectivity index (χ1v) is 10.0. The second-order valence-electron chi connectivity index (χ2n) is 6.41. The van der Waals surface area contributed by atoms with E-state index in [0.29, 0.717) is 35.0 Å². The van der Waals surface area contributed by atoms with Crippen LogP contribution in [0.1, 0.15) is 18.1 Å². The topological polar surface area (TPSA) is 52.7 Å². The summed E-state index contributed by atoms with van der Waals surface area (Å²) in [5, 5.41) is 4.96. The van der Waals surface area contributed by atoms with Crippen molar-refractivity contribution in [2.75, 3.05) is 0 Å². The molecule has 0 fully saturated rings. The second kappa shape index (κ2) is 7.98. The molecular weight excluding hydrogens is 375 g/mol. The Morgan fingerprint density at radius 3 is 2.61 bits per heavy atom. The van der Waals surface area contributed by atoms with Crippen molar-refractivity contribution in [1.29, 1.82) is 0 Å². The Kier molecular flexibility index (Phi) is 5.25. The fourth-order valence-electron chi connectivity index (χ4n) is 2.98. The fourth-order valence-corrected chi connectivity index (χ4v) is 3.92. The summed E-state index contributed by atoms with van der Waals surface area (Å²) >= 11 is 1.42. The van der Waals surface area contributed by atoms with Crippen molar-refractivity contribution in [3.05, 3.63) is 88.1 Å². The maximum atomic E-state index is 13.5. The Bertz CT molecular complexity index is 1170. The van der Waals surface area contributed by atoms with Crippen molar-refractivity contribution in [3.8, 4) is 0 Å². The highest BCUT2D eigenvalue weighted by Gasteiger charge is 2.15. The van der Waals surface area contributed by atoms with E-state index in [9.17, 15) is 9.18 Å². The van der Waals surface area contributed by atoms with E-state index in [4.69, 9.17) is 0 Å². The van der Waals surface area contributed by atoms with E-state index in [2.05, 4.69) is 10.1 Å². The summed E-state index contributed by atoms with van der Waals surface area (Å²) in [6, 6.07) is 16.2. The van der Waals surface area contributed by atoms with Crippen LogP contribution in [0.15, 0.2) is 70.7 Å². The van der Waals surface area contributed by atoms with E-state index < -0.39 is 0 Å². The van der Waals surface area contributed by atoms with E-state index in [1.165, 1.54) is 23.9 Å². The lowest BCUT2D eigenvalue weighted by Crippen LogP contribution is -2.24. The molecule has 5 nitrogen and oxygen atoms in total. The molecule has 0 saturated heterocycles. The van der Waals surface area contributed by atoms with Gasteiger partial charge in [-0.3, -0.25) is 14.0 Å². The molecule has 28 heavy (non-hydrogen) atoms. The number of benzene rings is 2. The molecule has 7 heteroatoms. The predicted octanol–water partition coefficient (Wildman–Crippen LogP) is 4.09. The highest BCUT2D eigenvalue weighted by molar-refractivity contribution is 7.98. The molecule has 0 aliphatic carbocycles. The van der Waals surface area contributed by atoms with Crippen LogP contribution in [0.4, 0.5) is 4.39 Å². The summed E-state index contributed by atoms with van der Waals surface area (Å²) in [7, 11) is 0. The van der Waals surface area contributed by atoms with E-state index in [1.807, 2.05) is 43.3 Å². The number of fused-ring (bicyclic) bond motifs is 1. The molecular formula is C21H19FN4OS. The molecule has 0 aliphatic heterocycles. The van der Waals surface area contributed by atoms with Gasteiger partial charge in [0.25, 0.3) is 5.56 Å². The van der Waals surface area contributed by atoms with Gasteiger partial charge >= 0.3 is 0 Å². The van der Waals surface area contributed by atoms with Crippen LogP contribution in [-0.4, -0.2) is 19.3 Å². The lowest BCUT2D eigenvalue weighted by molar-refractivity contribution is 0.626. The van der Waals surface area contributed by atoms with Crippen molar-refractivity contribution in [1.82, 2.24) is 19.3 Å². The van der Waals surface area contributed by atoms with Crippen LogP contribution in [0.25, 0.3) is 11.0 Å². The van der Waals surface area contributed by atoms with Crippen LogP contribution in [-0.2, 0) is 18.8 Å². The number of hydrogen-bond acceptors (Lipinski definition) is 4. The smallest absolute Gasteiger partial charge is 0.281 e. The highest BCUT2D eigenvalue weighted by atomic mass is 32.2. The van der Waals surface area contributed by atoms with Gasteiger partial charge in [0.05, 0.1) is 12.7 Å². The average molecular weight is 394 g/mol. The third-order valence-corrected chi connectivity index (χ3v) is 5.45. The zero-order valence-corrected chi connectivity index (χ0v) is 16.2. The first-order chi connectivity index (χ1) is 13.6. The molecule has 0 atom stereocenters. The van der Waals surface area contributed by atoms with Gasteiger partial charge in [0.15, 0.2) is 10.7 Å². The van der Waals surface area contributed by atoms with E-state index in [0.717, 1.165) is 11.1 Å². The zero-order chi connectivity index (χ0) is 19.5. The molecule has 0 aliphatic rings. The van der Waals surface area contributed by atoms with Crippen molar-refractivity contribution in [2.45, 2.75) is 30.9 Å². The monoisotopic (exact) mass is 394 g/mol. The van der Waals surface area contributed by atoms with Crippen molar-refractivity contribution in [3.63, 3.8) is 0 Å². The van der Waals surface area contributed by atoms with Gasteiger partial charge in [-0.1, -0.05) is 54.2 Å². The average Bonchev–Trinajstić information content (AvgIpc) is 3.13. The molecule has 0 amide bonds. The van der Waals surface area contributed by atoms with Gasteiger partial charge in [-0.2, -0.15) is 5.10 Å². The summed E-state index contributed by atoms with van der Waals surface area (Å²) in [4.78, 5) is 17.8. The predicted molar refractivity (Wildman–Crippen MR) is 109 cm³/mol. The van der Waals surface area contributed by atoms with Crippen LogP contribution in [0, 0.1) is 5.82 Å². The Morgan fingerprint density at radius 2 is 1.86 bits per heavy atom. The standard InChI is InChI=1S/C21H19FN4OS/c1-2-25-13-18-19(24-25)20(27)26(12-15-7-4-3-5-8-15)21(23-18)28-14-16-9-6-10-17(22)11-16/h3-11,13H,2,12,14H2,1H3. The number of halogens is 1. The zero-order valence-electron chi connectivity index (χ0n) is 15.4. The molecule has 0 N–H and O–H groups in total. The third kappa shape index (κ3) is 3.84. The number of aromatic nitrogens is 4. The number of rotatable bonds is 6. The number of nitrogens with zero attached hydrogens (tertiary/aromatic N) is 4. The SMILES string of the molecule is CCn1cc2nc(SCc3cccc(F)c3)n(Cc3ccccc3)c(=O)c2n1. The number of hydrogen-bond donors (Lipinski definition) is 0. The molecule has 0 saturated carbocycles. The normalized spacial score (nSPS) is 11.2. The van der Waals surface area contributed by atoms with Gasteiger partial charge in [-0.25, -0.2) is 9.37 Å². The van der Waals surface area contributed by atoms with Crippen LogP contribution in [0.5, 0.6) is 0 Å². The van der Waals surface area contributed by atoms with Gasteiger partial charge in [-0.05, 0) is 30.2 Å². The summed E-state index contributed by atoms with van der Waals surface area (Å²) in [5.74, 6) is 0.249. The molecule has 4 rings (SSSR count). The fraction of sp³-hybridized carbons (Fsp3) is 0.190. The molecule has 0 spiro atoms. The minimum atomic E-state index is -0.271. The molecule has 0 radical (unpaired) electrons. The van der Waals surface area contributed by atoms with E-state index >= 15 is 0 Å². The maximum absolute atomic E-state index is 13.5. The molecule has 2 aromatic carbocycles. The van der Waals surface area contributed by atoms with Gasteiger partial charge in [-0.15, -0.1) is 0 Å². The van der Waals surface area contributed by atoms with Crippen LogP contribution in [0.3, 0.4) is 0 Å². The number of thioether (sulfide) groups is 1. The summed E-state index contributed by atoms with van der Waals surface area (Å²) in [5.41, 5.74) is 2.64. The molecule has 142 valence electrons. The first kappa shape index (κ1) is 18.4. The lowest BCUT2D eigenvalue weighted by Gasteiger charge is -2.12. The Labute approximate surface area is 165 Å². The van der Waals surface area contributed by atoms with Gasteiger partial charge in [0.1, 0.15) is 11.3 Å². The van der Waals surface area contributed by atoms with E-state index in [1.54, 1.807) is 21.5 Å². The Hall–Kier alpha value is -2.93. The van der Waals surface area contributed by atoms with Crippen molar-refractivity contribution >= 4 is 22.8 Å². The minimum Gasteiger partial charge on any atom is -0.281 e. The van der Waals surface area contributed by atoms with Gasteiger partial charge in [0, 0.05) is 12.3 Å². The van der Waals surface area contributed by atoms with Crippen molar-refractivity contribution in [2.24, 2.45) is 0 Å². The van der Waals surface area contributed by atoms with Gasteiger partial charge in [0.2, 0.25) is 0 Å². The van der Waals surface area contributed by atoms with Crippen molar-refractivity contribution < 1.29 is 4.39 Å². The Morgan fingerprint density at radius 1 is 1.07 bits per heavy atom. The number of aryl methyl sites for hydroxylation is 1. The summed E-state index contributed by atoms with van der Waals surface area (Å²) in [6.07, 6.45) is 1.79. The summed E-state index contributed by atoms with van der Waals surface area (Å²) in [6.45, 7) is 3.04. The molecule has 0 unspecified atom stereocenters. The van der Waals surface area contributed by atoms with E-state index in [-0.39, 0.29) is 11.4 Å². The highest BCUT2D eigenvalue weighted by Crippen LogP contribution is 2.23. The molecule has 2 heterocycles. The molecule has 0 bridgehead atoms. The van der Waals surface area contributed by atoms with Gasteiger partial charge < -0.3 is 0 Å². The minimum absolute atomic E-state index is 0.164. The van der Waals surface area contributed by atoms with Crippen LogP contribution in [0.2, 0.25) is 0 Å². The third-order valence-electron chi connectivity index (χ3n) is 4.40. The quantitative estimate of drug-likeness (QED) is 0.365.